The molecule has 0 saturated carbocycles. The van der Waals surface area contributed by atoms with E-state index >= 15 is 0 Å². The van der Waals surface area contributed by atoms with Crippen LogP contribution in [0.4, 0.5) is 0 Å². The maximum atomic E-state index is 6.22. The number of nitrogens with one attached hydrogen (secondary N) is 1. The molecule has 0 aliphatic heterocycles. The van der Waals surface area contributed by atoms with Crippen molar-refractivity contribution < 1.29 is 9.47 Å². The Hall–Kier alpha value is -0.840. The molecular weight excluding hydrogens is 288 g/mol. The third-order valence-corrected chi connectivity index (χ3v) is 3.45. The van der Waals surface area contributed by atoms with Crippen molar-refractivity contribution in [2.24, 2.45) is 0 Å². The van der Waals surface area contributed by atoms with Crippen molar-refractivity contribution in [3.05, 3.63) is 22.8 Å². The molecule has 1 aromatic heterocycles. The van der Waals surface area contributed by atoms with Crippen molar-refractivity contribution in [1.29, 1.82) is 0 Å². The molecule has 1 heterocycles. The van der Waals surface area contributed by atoms with E-state index in [9.17, 15) is 0 Å². The van der Waals surface area contributed by atoms with Gasteiger partial charge in [0.25, 0.3) is 0 Å². The van der Waals surface area contributed by atoms with Crippen molar-refractivity contribution in [2.75, 3.05) is 13.7 Å². The first-order valence-corrected chi connectivity index (χ1v) is 7.58. The monoisotopic (exact) mass is 314 g/mol. The van der Waals surface area contributed by atoms with E-state index in [2.05, 4.69) is 31.1 Å². The molecule has 0 bridgehead atoms. The molecule has 1 aromatic rings. The minimum atomic E-state index is -0.205. The van der Waals surface area contributed by atoms with Gasteiger partial charge in [-0.2, -0.15) is 0 Å². The van der Waals surface area contributed by atoms with Gasteiger partial charge < -0.3 is 14.8 Å². The van der Waals surface area contributed by atoms with Crippen LogP contribution in [0, 0.1) is 0 Å². The first-order chi connectivity index (χ1) is 9.63. The molecule has 120 valence electrons. The summed E-state index contributed by atoms with van der Waals surface area (Å²) in [5, 5.41) is 3.94. The summed E-state index contributed by atoms with van der Waals surface area (Å²) >= 11 is 6.22. The predicted molar refractivity (Wildman–Crippen MR) is 87.0 cm³/mol. The van der Waals surface area contributed by atoms with E-state index in [1.807, 2.05) is 19.9 Å². The van der Waals surface area contributed by atoms with Crippen LogP contribution in [0.3, 0.4) is 0 Å². The Kier molecular flexibility index (Phi) is 6.44. The summed E-state index contributed by atoms with van der Waals surface area (Å²) in [5.74, 6) is 0.475. The molecule has 0 spiro atoms. The molecule has 0 aliphatic carbocycles. The third kappa shape index (κ3) is 7.11. The molecule has 0 radical (unpaired) electrons. The van der Waals surface area contributed by atoms with Gasteiger partial charge in [0.05, 0.1) is 12.2 Å². The van der Waals surface area contributed by atoms with Crippen LogP contribution in [-0.2, 0) is 11.3 Å². The second-order valence-electron chi connectivity index (χ2n) is 6.80. The summed E-state index contributed by atoms with van der Waals surface area (Å²) in [7, 11) is 1.70. The van der Waals surface area contributed by atoms with Crippen LogP contribution in [-0.4, -0.2) is 29.8 Å². The van der Waals surface area contributed by atoms with Crippen LogP contribution in [0.1, 0.15) is 46.6 Å². The van der Waals surface area contributed by atoms with E-state index < -0.39 is 0 Å². The van der Waals surface area contributed by atoms with Gasteiger partial charge in [-0.15, -0.1) is 0 Å². The zero-order valence-electron chi connectivity index (χ0n) is 13.9. The fraction of sp³-hybridized carbons (Fsp3) is 0.688. The van der Waals surface area contributed by atoms with Gasteiger partial charge in [-0.3, -0.25) is 0 Å². The van der Waals surface area contributed by atoms with E-state index in [-0.39, 0.29) is 11.1 Å². The number of hydrogen-bond donors (Lipinski definition) is 1. The predicted octanol–water partition coefficient (Wildman–Crippen LogP) is 3.82. The average molecular weight is 315 g/mol. The highest BCUT2D eigenvalue weighted by atomic mass is 35.5. The largest absolute Gasteiger partial charge is 0.476 e. The number of halogens is 1. The first-order valence-electron chi connectivity index (χ1n) is 7.20. The third-order valence-electron chi connectivity index (χ3n) is 3.18. The summed E-state index contributed by atoms with van der Waals surface area (Å²) < 4.78 is 11.0. The maximum Gasteiger partial charge on any atom is 0.232 e. The van der Waals surface area contributed by atoms with Crippen LogP contribution >= 0.6 is 11.6 Å². The molecule has 1 rings (SSSR count). The summed E-state index contributed by atoms with van der Waals surface area (Å²) in [4.78, 5) is 4.29. The standard InChI is InChI=1S/C16H27ClN2O2/c1-15(2,3)19-11-12-9-13(17)14(18-10-12)21-8-7-16(4,5)20-6/h9-10,19H,7-8,11H2,1-6H3. The Balaban J connectivity index is 2.54. The normalized spacial score (nSPS) is 12.5. The summed E-state index contributed by atoms with van der Waals surface area (Å²) in [6.07, 6.45) is 2.57. The number of pyridine rings is 1. The fourth-order valence-electron chi connectivity index (χ4n) is 1.53. The minimum absolute atomic E-state index is 0.0629. The Morgan fingerprint density at radius 1 is 1.24 bits per heavy atom. The van der Waals surface area contributed by atoms with E-state index in [1.165, 1.54) is 0 Å². The zero-order valence-corrected chi connectivity index (χ0v) is 14.7. The number of aromatic nitrogens is 1. The lowest BCUT2D eigenvalue weighted by atomic mass is 10.1. The van der Waals surface area contributed by atoms with E-state index in [4.69, 9.17) is 21.1 Å². The molecule has 0 amide bonds. The second-order valence-corrected chi connectivity index (χ2v) is 7.20. The van der Waals surface area contributed by atoms with E-state index in [1.54, 1.807) is 13.3 Å². The molecule has 4 nitrogen and oxygen atoms in total. The number of ether oxygens (including phenoxy) is 2. The van der Waals surface area contributed by atoms with Crippen molar-refractivity contribution in [2.45, 2.75) is 58.7 Å². The minimum Gasteiger partial charge on any atom is -0.476 e. The molecule has 0 fully saturated rings. The number of hydrogen-bond acceptors (Lipinski definition) is 4. The molecule has 0 unspecified atom stereocenters. The van der Waals surface area contributed by atoms with E-state index in [0.717, 1.165) is 18.5 Å². The van der Waals surface area contributed by atoms with Crippen LogP contribution < -0.4 is 10.1 Å². The van der Waals surface area contributed by atoms with Gasteiger partial charge >= 0.3 is 0 Å². The Labute approximate surface area is 133 Å². The Morgan fingerprint density at radius 2 is 1.90 bits per heavy atom. The van der Waals surface area contributed by atoms with Crippen LogP contribution in [0.2, 0.25) is 5.02 Å². The van der Waals surface area contributed by atoms with Crippen LogP contribution in [0.15, 0.2) is 12.3 Å². The highest BCUT2D eigenvalue weighted by Crippen LogP contribution is 2.23. The molecule has 5 heteroatoms. The zero-order chi connectivity index (χ0) is 16.1. The number of rotatable bonds is 7. The maximum absolute atomic E-state index is 6.22. The van der Waals surface area contributed by atoms with Crippen molar-refractivity contribution >= 4 is 11.6 Å². The summed E-state index contributed by atoms with van der Waals surface area (Å²) in [6, 6.07) is 1.89. The molecule has 0 saturated heterocycles. The molecular formula is C16H27ClN2O2. The van der Waals surface area contributed by atoms with Gasteiger partial charge in [0, 0.05) is 31.8 Å². The summed E-state index contributed by atoms with van der Waals surface area (Å²) in [6.45, 7) is 11.7. The molecule has 0 atom stereocenters. The number of nitrogens with zero attached hydrogens (tertiary/aromatic N) is 1. The molecule has 0 aliphatic rings. The van der Waals surface area contributed by atoms with Gasteiger partial charge in [0.15, 0.2) is 0 Å². The highest BCUT2D eigenvalue weighted by Gasteiger charge is 2.17. The Morgan fingerprint density at radius 3 is 2.43 bits per heavy atom. The van der Waals surface area contributed by atoms with Crippen molar-refractivity contribution in [3.8, 4) is 5.88 Å². The van der Waals surface area contributed by atoms with Gasteiger partial charge in [-0.25, -0.2) is 4.98 Å². The Bertz CT molecular complexity index is 456. The van der Waals surface area contributed by atoms with E-state index in [0.29, 0.717) is 17.5 Å². The molecule has 21 heavy (non-hydrogen) atoms. The average Bonchev–Trinajstić information content (AvgIpc) is 2.38. The van der Waals surface area contributed by atoms with Gasteiger partial charge in [-0.05, 0) is 46.2 Å². The lowest BCUT2D eigenvalue weighted by Gasteiger charge is -2.22. The first kappa shape index (κ1) is 18.2. The lowest BCUT2D eigenvalue weighted by Crippen LogP contribution is -2.35. The SMILES string of the molecule is COC(C)(C)CCOc1ncc(CNC(C)(C)C)cc1Cl. The van der Waals surface area contributed by atoms with Crippen molar-refractivity contribution in [3.63, 3.8) is 0 Å². The van der Waals surface area contributed by atoms with Gasteiger partial charge in [-0.1, -0.05) is 11.6 Å². The smallest absolute Gasteiger partial charge is 0.232 e. The van der Waals surface area contributed by atoms with Crippen LogP contribution in [0.25, 0.3) is 0 Å². The quantitative estimate of drug-likeness (QED) is 0.831. The van der Waals surface area contributed by atoms with Crippen molar-refractivity contribution in [1.82, 2.24) is 10.3 Å². The molecule has 0 aromatic carbocycles. The molecule has 1 N–H and O–H groups in total. The lowest BCUT2D eigenvalue weighted by molar-refractivity contribution is 0.00509. The topological polar surface area (TPSA) is 43.4 Å². The number of methoxy groups -OCH3 is 1. The highest BCUT2D eigenvalue weighted by molar-refractivity contribution is 6.31. The van der Waals surface area contributed by atoms with Gasteiger partial charge in [0.1, 0.15) is 5.02 Å². The van der Waals surface area contributed by atoms with Crippen LogP contribution in [0.5, 0.6) is 5.88 Å². The fourth-order valence-corrected chi connectivity index (χ4v) is 1.77. The summed E-state index contributed by atoms with van der Waals surface area (Å²) in [5.41, 5.74) is 0.899. The van der Waals surface area contributed by atoms with Gasteiger partial charge in [0.2, 0.25) is 5.88 Å². The second kappa shape index (κ2) is 7.43.